The van der Waals surface area contributed by atoms with Crippen LogP contribution in [0.25, 0.3) is 0 Å². The second-order valence-electron chi connectivity index (χ2n) is 6.57. The van der Waals surface area contributed by atoms with Crippen LogP contribution < -0.4 is 9.64 Å². The largest absolute Gasteiger partial charge is 0.491 e. The summed E-state index contributed by atoms with van der Waals surface area (Å²) in [5.74, 6) is 0.235. The first kappa shape index (κ1) is 19.5. The van der Waals surface area contributed by atoms with E-state index in [-0.39, 0.29) is 17.8 Å². The molecular formula is C20H20ClNO4S. The minimum absolute atomic E-state index is 0.0333. The number of anilines is 1. The highest BCUT2D eigenvalue weighted by atomic mass is 35.5. The van der Waals surface area contributed by atoms with Gasteiger partial charge in [-0.1, -0.05) is 11.6 Å². The molecule has 1 aliphatic rings. The van der Waals surface area contributed by atoms with Crippen LogP contribution in [0.5, 0.6) is 5.75 Å². The number of halogens is 1. The van der Waals surface area contributed by atoms with E-state index in [1.54, 1.807) is 48.5 Å². The highest BCUT2D eigenvalue weighted by molar-refractivity contribution is 7.94. The Labute approximate surface area is 164 Å². The lowest BCUT2D eigenvalue weighted by Crippen LogP contribution is -2.41. The molecule has 0 fully saturated rings. The fourth-order valence-corrected chi connectivity index (χ4v) is 4.26. The maximum atomic E-state index is 13.2. The van der Waals surface area contributed by atoms with Gasteiger partial charge >= 0.3 is 0 Å². The molecule has 7 heteroatoms. The zero-order valence-corrected chi connectivity index (χ0v) is 16.6. The Morgan fingerprint density at radius 1 is 1.11 bits per heavy atom. The predicted molar refractivity (Wildman–Crippen MR) is 107 cm³/mol. The van der Waals surface area contributed by atoms with Crippen LogP contribution in [0.1, 0.15) is 24.2 Å². The quantitative estimate of drug-likeness (QED) is 0.751. The van der Waals surface area contributed by atoms with Gasteiger partial charge in [-0.3, -0.25) is 4.79 Å². The molecule has 1 heterocycles. The van der Waals surface area contributed by atoms with E-state index in [9.17, 15) is 13.2 Å². The molecule has 1 aliphatic heterocycles. The fraction of sp³-hybridized carbons (Fsp3) is 0.250. The van der Waals surface area contributed by atoms with E-state index >= 15 is 0 Å². The summed E-state index contributed by atoms with van der Waals surface area (Å²) >= 11 is 5.95. The predicted octanol–water partition coefficient (Wildman–Crippen LogP) is 4.08. The number of carbonyl (C=O) groups excluding carboxylic acids is 1. The molecule has 0 saturated heterocycles. The average Bonchev–Trinajstić information content (AvgIpc) is 2.96. The Bertz CT molecular complexity index is 950. The fourth-order valence-electron chi connectivity index (χ4n) is 2.87. The van der Waals surface area contributed by atoms with E-state index in [2.05, 4.69) is 0 Å². The molecule has 0 bridgehead atoms. The van der Waals surface area contributed by atoms with Gasteiger partial charge in [-0.2, -0.15) is 0 Å². The van der Waals surface area contributed by atoms with Crippen LogP contribution in [0.2, 0.25) is 5.02 Å². The van der Waals surface area contributed by atoms with Crippen LogP contribution >= 0.6 is 11.6 Å². The van der Waals surface area contributed by atoms with Crippen molar-refractivity contribution in [2.24, 2.45) is 0 Å². The highest BCUT2D eigenvalue weighted by Gasteiger charge is 2.32. The lowest BCUT2D eigenvalue weighted by Gasteiger charge is -2.28. The first-order chi connectivity index (χ1) is 12.7. The molecule has 27 heavy (non-hydrogen) atoms. The molecule has 0 aromatic heterocycles. The molecule has 0 radical (unpaired) electrons. The Hall–Kier alpha value is -2.31. The third-order valence-corrected chi connectivity index (χ3v) is 5.67. The monoisotopic (exact) mass is 405 g/mol. The van der Waals surface area contributed by atoms with E-state index in [1.807, 2.05) is 13.8 Å². The van der Waals surface area contributed by atoms with Crippen LogP contribution in [0.4, 0.5) is 5.69 Å². The second-order valence-corrected chi connectivity index (χ2v) is 8.94. The molecule has 0 saturated carbocycles. The molecule has 5 nitrogen and oxygen atoms in total. The molecule has 1 unspecified atom stereocenters. The zero-order valence-electron chi connectivity index (χ0n) is 15.0. The molecular weight excluding hydrogens is 386 g/mol. The van der Waals surface area contributed by atoms with Gasteiger partial charge in [0.1, 0.15) is 5.75 Å². The Morgan fingerprint density at radius 2 is 1.74 bits per heavy atom. The van der Waals surface area contributed by atoms with Gasteiger partial charge < -0.3 is 9.64 Å². The molecule has 1 amide bonds. The number of benzene rings is 2. The lowest BCUT2D eigenvalue weighted by atomic mass is 10.1. The van der Waals surface area contributed by atoms with Crippen molar-refractivity contribution in [3.8, 4) is 5.75 Å². The summed E-state index contributed by atoms with van der Waals surface area (Å²) in [6, 6.07) is 13.0. The average molecular weight is 406 g/mol. The first-order valence-electron chi connectivity index (χ1n) is 8.52. The number of hydrogen-bond acceptors (Lipinski definition) is 4. The number of amides is 1. The van der Waals surface area contributed by atoms with Crippen molar-refractivity contribution in [1.82, 2.24) is 0 Å². The zero-order chi connectivity index (χ0) is 19.6. The van der Waals surface area contributed by atoms with Crippen molar-refractivity contribution >= 4 is 33.0 Å². The van der Waals surface area contributed by atoms with Gasteiger partial charge in [0.25, 0.3) is 5.91 Å². The summed E-state index contributed by atoms with van der Waals surface area (Å²) < 4.78 is 29.4. The molecule has 0 spiro atoms. The Balaban J connectivity index is 1.93. The standard InChI is InChI=1S/C20H20ClNO4S/c1-14(2)26-19-9-3-15(4-10-19)20(23)22(17-7-5-16(21)6-8-17)18-11-12-27(24,25)13-18/h3-12,14,18H,13H2,1-2H3. The number of ether oxygens (including phenoxy) is 1. The van der Waals surface area contributed by atoms with Crippen LogP contribution in [-0.2, 0) is 9.84 Å². The molecule has 0 N–H and O–H groups in total. The number of nitrogens with zero attached hydrogens (tertiary/aromatic N) is 1. The van der Waals surface area contributed by atoms with Crippen molar-refractivity contribution < 1.29 is 17.9 Å². The third-order valence-electron chi connectivity index (χ3n) is 4.04. The van der Waals surface area contributed by atoms with Gasteiger partial charge in [0, 0.05) is 21.7 Å². The van der Waals surface area contributed by atoms with Gasteiger partial charge in [-0.15, -0.1) is 0 Å². The molecule has 2 aromatic carbocycles. The normalized spacial score (nSPS) is 17.9. The topological polar surface area (TPSA) is 63.7 Å². The van der Waals surface area contributed by atoms with E-state index in [0.29, 0.717) is 22.0 Å². The molecule has 2 aromatic rings. The lowest BCUT2D eigenvalue weighted by molar-refractivity contribution is 0.0983. The van der Waals surface area contributed by atoms with Gasteiger partial charge in [0.15, 0.2) is 9.84 Å². The number of carbonyl (C=O) groups is 1. The van der Waals surface area contributed by atoms with Crippen LogP contribution in [-0.4, -0.2) is 32.2 Å². The van der Waals surface area contributed by atoms with Crippen molar-refractivity contribution in [2.45, 2.75) is 26.0 Å². The number of hydrogen-bond donors (Lipinski definition) is 0. The minimum atomic E-state index is -3.31. The first-order valence-corrected chi connectivity index (χ1v) is 10.6. The van der Waals surface area contributed by atoms with Crippen molar-refractivity contribution in [3.05, 3.63) is 70.6 Å². The SMILES string of the molecule is CC(C)Oc1ccc(C(=O)N(c2ccc(Cl)cc2)C2C=CS(=O)(=O)C2)cc1. The molecule has 1 atom stereocenters. The molecule has 142 valence electrons. The molecule has 0 aliphatic carbocycles. The summed E-state index contributed by atoms with van der Waals surface area (Å²) in [7, 11) is -3.31. The summed E-state index contributed by atoms with van der Waals surface area (Å²) in [4.78, 5) is 14.7. The van der Waals surface area contributed by atoms with Gasteiger partial charge in [0.2, 0.25) is 0 Å². The Kier molecular flexibility index (Phi) is 5.58. The number of sulfone groups is 1. The van der Waals surface area contributed by atoms with Crippen molar-refractivity contribution in [3.63, 3.8) is 0 Å². The van der Waals surface area contributed by atoms with Gasteiger partial charge in [-0.05, 0) is 68.5 Å². The second kappa shape index (κ2) is 7.74. The van der Waals surface area contributed by atoms with E-state index in [0.717, 1.165) is 5.41 Å². The summed E-state index contributed by atoms with van der Waals surface area (Å²) in [6.45, 7) is 3.85. The van der Waals surface area contributed by atoms with Gasteiger partial charge in [0.05, 0.1) is 17.9 Å². The van der Waals surface area contributed by atoms with Crippen molar-refractivity contribution in [2.75, 3.05) is 10.7 Å². The summed E-state index contributed by atoms with van der Waals surface area (Å²) in [5.41, 5.74) is 1.03. The third kappa shape index (κ3) is 4.70. The number of rotatable bonds is 5. The minimum Gasteiger partial charge on any atom is -0.491 e. The maximum absolute atomic E-state index is 13.2. The summed E-state index contributed by atoms with van der Waals surface area (Å²) in [6.07, 6.45) is 1.57. The Morgan fingerprint density at radius 3 is 2.26 bits per heavy atom. The smallest absolute Gasteiger partial charge is 0.258 e. The van der Waals surface area contributed by atoms with Gasteiger partial charge in [-0.25, -0.2) is 8.42 Å². The van der Waals surface area contributed by atoms with Crippen LogP contribution in [0.15, 0.2) is 60.0 Å². The summed E-state index contributed by atoms with van der Waals surface area (Å²) in [5, 5.41) is 1.70. The highest BCUT2D eigenvalue weighted by Crippen LogP contribution is 2.27. The maximum Gasteiger partial charge on any atom is 0.258 e. The van der Waals surface area contributed by atoms with Crippen LogP contribution in [0.3, 0.4) is 0 Å². The van der Waals surface area contributed by atoms with Crippen molar-refractivity contribution in [1.29, 1.82) is 0 Å². The molecule has 3 rings (SSSR count). The van der Waals surface area contributed by atoms with E-state index in [1.165, 1.54) is 11.0 Å². The van der Waals surface area contributed by atoms with E-state index in [4.69, 9.17) is 16.3 Å². The van der Waals surface area contributed by atoms with Crippen LogP contribution in [0, 0.1) is 0 Å². The van der Waals surface area contributed by atoms with E-state index < -0.39 is 15.9 Å².